The Morgan fingerprint density at radius 3 is 2.86 bits per heavy atom. The van der Waals surface area contributed by atoms with Crippen molar-refractivity contribution >= 4 is 34.1 Å². The summed E-state index contributed by atoms with van der Waals surface area (Å²) in [5, 5.41) is 17.6. The van der Waals surface area contributed by atoms with Gasteiger partial charge < -0.3 is 14.8 Å². The fourth-order valence-electron chi connectivity index (χ4n) is 2.25. The van der Waals surface area contributed by atoms with Crippen molar-refractivity contribution in [3.05, 3.63) is 34.7 Å². The fraction of sp³-hybridized carbons (Fsp3) is 0.267. The largest absolute Gasteiger partial charge is 0.492 e. The van der Waals surface area contributed by atoms with Crippen LogP contribution >= 0.6 is 23.2 Å². The van der Waals surface area contributed by atoms with Gasteiger partial charge in [0.05, 0.1) is 33.8 Å². The van der Waals surface area contributed by atoms with Crippen molar-refractivity contribution < 1.29 is 9.84 Å². The summed E-state index contributed by atoms with van der Waals surface area (Å²) in [6, 6.07) is 1.70. The van der Waals surface area contributed by atoms with E-state index in [0.29, 0.717) is 22.4 Å². The lowest BCUT2D eigenvalue weighted by atomic mass is 10.1. The maximum Gasteiger partial charge on any atom is 0.130 e. The molecule has 0 amide bonds. The van der Waals surface area contributed by atoms with Gasteiger partial charge in [0, 0.05) is 42.1 Å². The van der Waals surface area contributed by atoms with E-state index >= 15 is 0 Å². The zero-order valence-corrected chi connectivity index (χ0v) is 13.4. The molecule has 3 rings (SSSR count). The number of nitrogens with zero attached hydrogens (tertiary/aromatic N) is 1. The number of ether oxygens (including phenoxy) is 1. The van der Waals surface area contributed by atoms with Crippen LogP contribution in [-0.2, 0) is 0 Å². The van der Waals surface area contributed by atoms with E-state index in [2.05, 4.69) is 15.2 Å². The summed E-state index contributed by atoms with van der Waals surface area (Å²) in [7, 11) is 0. The quantitative estimate of drug-likeness (QED) is 0.660. The zero-order chi connectivity index (χ0) is 15.7. The molecule has 0 aliphatic heterocycles. The number of aromatic amines is 2. The summed E-state index contributed by atoms with van der Waals surface area (Å²) in [5.41, 5.74) is 2.57. The van der Waals surface area contributed by atoms with Gasteiger partial charge in [0.1, 0.15) is 5.75 Å². The molecule has 0 aliphatic rings. The van der Waals surface area contributed by atoms with E-state index in [1.54, 1.807) is 18.5 Å². The van der Waals surface area contributed by atoms with Crippen LogP contribution in [0.2, 0.25) is 10.0 Å². The first-order valence-electron chi connectivity index (χ1n) is 6.83. The second-order valence-electron chi connectivity index (χ2n) is 5.21. The monoisotopic (exact) mass is 339 g/mol. The van der Waals surface area contributed by atoms with Crippen molar-refractivity contribution in [3.8, 4) is 16.9 Å². The van der Waals surface area contributed by atoms with Crippen LogP contribution in [0.15, 0.2) is 24.7 Å². The second kappa shape index (κ2) is 6.20. The molecule has 2 heterocycles. The Kier molecular flexibility index (Phi) is 4.29. The van der Waals surface area contributed by atoms with Crippen LogP contribution in [0.4, 0.5) is 0 Å². The van der Waals surface area contributed by atoms with Crippen LogP contribution in [0.25, 0.3) is 22.0 Å². The van der Waals surface area contributed by atoms with Gasteiger partial charge >= 0.3 is 0 Å². The second-order valence-corrected chi connectivity index (χ2v) is 5.99. The Bertz CT molecular complexity index is 784. The summed E-state index contributed by atoms with van der Waals surface area (Å²) in [6.45, 7) is 2.36. The molecule has 1 aromatic carbocycles. The highest BCUT2D eigenvalue weighted by molar-refractivity contribution is 6.45. The van der Waals surface area contributed by atoms with Gasteiger partial charge in [-0.3, -0.25) is 5.10 Å². The highest BCUT2D eigenvalue weighted by Crippen LogP contribution is 2.42. The third-order valence-electron chi connectivity index (χ3n) is 3.46. The molecule has 1 atom stereocenters. The summed E-state index contributed by atoms with van der Waals surface area (Å²) in [6.07, 6.45) is 5.37. The summed E-state index contributed by atoms with van der Waals surface area (Å²) in [4.78, 5) is 3.14. The van der Waals surface area contributed by atoms with Gasteiger partial charge in [-0.2, -0.15) is 5.10 Å². The van der Waals surface area contributed by atoms with Gasteiger partial charge in [-0.15, -0.1) is 0 Å². The minimum Gasteiger partial charge on any atom is -0.492 e. The lowest BCUT2D eigenvalue weighted by molar-refractivity contribution is 0.175. The summed E-state index contributed by atoms with van der Waals surface area (Å²) >= 11 is 12.5. The third kappa shape index (κ3) is 2.67. The van der Waals surface area contributed by atoms with Crippen LogP contribution in [0.5, 0.6) is 5.75 Å². The first-order valence-corrected chi connectivity index (χ1v) is 7.59. The SMILES string of the molecule is CC(CO)COc1cc(Cl)c(Cl)c2[nH]cc(-c3cn[nH]c3)c12. The molecular weight excluding hydrogens is 325 g/mol. The van der Waals surface area contributed by atoms with Crippen molar-refractivity contribution in [1.82, 2.24) is 15.2 Å². The van der Waals surface area contributed by atoms with Crippen molar-refractivity contribution in [1.29, 1.82) is 0 Å². The number of hydrogen-bond donors (Lipinski definition) is 3. The van der Waals surface area contributed by atoms with E-state index in [0.717, 1.165) is 22.0 Å². The number of aliphatic hydroxyl groups excluding tert-OH is 1. The number of fused-ring (bicyclic) bond motifs is 1. The number of rotatable bonds is 5. The summed E-state index contributed by atoms with van der Waals surface area (Å²) < 4.78 is 5.85. The molecule has 116 valence electrons. The first kappa shape index (κ1) is 15.2. The van der Waals surface area contributed by atoms with Crippen molar-refractivity contribution in [2.75, 3.05) is 13.2 Å². The number of nitrogens with one attached hydrogen (secondary N) is 2. The normalized spacial score (nSPS) is 12.7. The first-order chi connectivity index (χ1) is 10.6. The standard InChI is InChI=1S/C15H15Cl2N3O2/c1-8(6-21)7-22-12-2-11(16)14(17)15-13(12)10(5-18-15)9-3-19-20-4-9/h2-5,8,18,21H,6-7H2,1H3,(H,19,20). The molecule has 22 heavy (non-hydrogen) atoms. The Morgan fingerprint density at radius 1 is 1.36 bits per heavy atom. The minimum atomic E-state index is 0.0285. The number of hydrogen-bond acceptors (Lipinski definition) is 3. The fourth-order valence-corrected chi connectivity index (χ4v) is 2.64. The Hall–Kier alpha value is -1.69. The predicted octanol–water partition coefficient (Wildman–Crippen LogP) is 3.87. The van der Waals surface area contributed by atoms with E-state index < -0.39 is 0 Å². The van der Waals surface area contributed by atoms with Gasteiger partial charge in [-0.25, -0.2) is 0 Å². The van der Waals surface area contributed by atoms with Crippen LogP contribution < -0.4 is 4.74 Å². The highest BCUT2D eigenvalue weighted by atomic mass is 35.5. The van der Waals surface area contributed by atoms with Crippen molar-refractivity contribution in [3.63, 3.8) is 0 Å². The van der Waals surface area contributed by atoms with E-state index in [9.17, 15) is 0 Å². The average molecular weight is 340 g/mol. The Balaban J connectivity index is 2.13. The number of aliphatic hydroxyl groups is 1. The van der Waals surface area contributed by atoms with Gasteiger partial charge in [0.15, 0.2) is 0 Å². The van der Waals surface area contributed by atoms with Gasteiger partial charge in [-0.1, -0.05) is 30.1 Å². The molecule has 2 aromatic heterocycles. The predicted molar refractivity (Wildman–Crippen MR) is 87.6 cm³/mol. The van der Waals surface area contributed by atoms with Gasteiger partial charge in [0.2, 0.25) is 0 Å². The number of aromatic nitrogens is 3. The van der Waals surface area contributed by atoms with Crippen molar-refractivity contribution in [2.45, 2.75) is 6.92 Å². The van der Waals surface area contributed by atoms with Crippen molar-refractivity contribution in [2.24, 2.45) is 5.92 Å². The van der Waals surface area contributed by atoms with Crippen LogP contribution in [0.1, 0.15) is 6.92 Å². The van der Waals surface area contributed by atoms with Crippen LogP contribution in [0.3, 0.4) is 0 Å². The highest BCUT2D eigenvalue weighted by Gasteiger charge is 2.18. The van der Waals surface area contributed by atoms with E-state index in [4.69, 9.17) is 33.0 Å². The van der Waals surface area contributed by atoms with E-state index in [1.807, 2.05) is 13.1 Å². The Morgan fingerprint density at radius 2 is 2.18 bits per heavy atom. The minimum absolute atomic E-state index is 0.0285. The molecule has 0 bridgehead atoms. The molecule has 3 N–H and O–H groups in total. The maximum atomic E-state index is 9.14. The lowest BCUT2D eigenvalue weighted by Crippen LogP contribution is -2.12. The molecule has 0 radical (unpaired) electrons. The zero-order valence-electron chi connectivity index (χ0n) is 11.9. The third-order valence-corrected chi connectivity index (χ3v) is 4.25. The molecule has 0 saturated heterocycles. The topological polar surface area (TPSA) is 73.9 Å². The molecule has 0 saturated carbocycles. The number of benzene rings is 1. The van der Waals surface area contributed by atoms with E-state index in [-0.39, 0.29) is 12.5 Å². The number of H-pyrrole nitrogens is 2. The van der Waals surface area contributed by atoms with E-state index in [1.165, 1.54) is 0 Å². The lowest BCUT2D eigenvalue weighted by Gasteiger charge is -2.13. The molecule has 0 spiro atoms. The molecule has 1 unspecified atom stereocenters. The molecular formula is C15H15Cl2N3O2. The number of halogens is 2. The molecule has 3 aromatic rings. The van der Waals surface area contributed by atoms with Gasteiger partial charge in [0.25, 0.3) is 0 Å². The molecule has 0 fully saturated rings. The van der Waals surface area contributed by atoms with Crippen LogP contribution in [-0.4, -0.2) is 33.5 Å². The molecule has 7 heteroatoms. The van der Waals surface area contributed by atoms with Gasteiger partial charge in [-0.05, 0) is 0 Å². The van der Waals surface area contributed by atoms with Crippen LogP contribution in [0, 0.1) is 5.92 Å². The Labute approximate surface area is 137 Å². The smallest absolute Gasteiger partial charge is 0.130 e. The molecule has 0 aliphatic carbocycles. The maximum absolute atomic E-state index is 9.14. The average Bonchev–Trinajstić information content (AvgIpc) is 3.17. The molecule has 5 nitrogen and oxygen atoms in total. The summed E-state index contributed by atoms with van der Waals surface area (Å²) in [5.74, 6) is 0.656.